The van der Waals surface area contributed by atoms with Crippen LogP contribution in [0, 0.1) is 11.7 Å². The van der Waals surface area contributed by atoms with Crippen LogP contribution in [-0.4, -0.2) is 49.2 Å². The highest BCUT2D eigenvalue weighted by Gasteiger charge is 2.52. The standard InChI is InChI=1S/C21H23FN2O4S/c1-27-12-18-16(11-25)21(13-28-18,15-9-5-6-10-17(15)22)24-20(29)23-19(26)14-7-3-2-4-8-14/h2-10,16,18,25H,11-13H2,1H3,(H2,23,24,26,29)/t16-,18?,21-/m1/s1. The molecule has 1 amide bonds. The van der Waals surface area contributed by atoms with Gasteiger partial charge in [-0.25, -0.2) is 4.39 Å². The van der Waals surface area contributed by atoms with Crippen molar-refractivity contribution in [3.05, 3.63) is 71.5 Å². The number of nitrogens with one attached hydrogen (secondary N) is 2. The first-order valence-corrected chi connectivity index (χ1v) is 9.57. The van der Waals surface area contributed by atoms with E-state index in [1.165, 1.54) is 13.2 Å². The zero-order valence-electron chi connectivity index (χ0n) is 15.9. The van der Waals surface area contributed by atoms with E-state index in [-0.39, 0.29) is 30.8 Å². The summed E-state index contributed by atoms with van der Waals surface area (Å²) in [5, 5.41) is 15.8. The van der Waals surface area contributed by atoms with E-state index in [2.05, 4.69) is 10.6 Å². The summed E-state index contributed by atoms with van der Waals surface area (Å²) in [6, 6.07) is 14.8. The third-order valence-corrected chi connectivity index (χ3v) is 5.29. The van der Waals surface area contributed by atoms with Crippen LogP contribution in [0.2, 0.25) is 0 Å². The van der Waals surface area contributed by atoms with Crippen molar-refractivity contribution in [2.45, 2.75) is 11.6 Å². The number of aliphatic hydroxyl groups excluding tert-OH is 1. The first-order chi connectivity index (χ1) is 14.0. The number of hydrogen-bond donors (Lipinski definition) is 3. The number of methoxy groups -OCH3 is 1. The number of carbonyl (C=O) groups is 1. The Kier molecular flexibility index (Phi) is 6.92. The fourth-order valence-electron chi connectivity index (χ4n) is 3.68. The Balaban J connectivity index is 1.89. The molecule has 1 saturated heterocycles. The van der Waals surface area contributed by atoms with E-state index in [1.807, 2.05) is 0 Å². The topological polar surface area (TPSA) is 79.8 Å². The lowest BCUT2D eigenvalue weighted by atomic mass is 9.78. The molecule has 1 aliphatic heterocycles. The second kappa shape index (κ2) is 9.41. The first kappa shape index (κ1) is 21.3. The van der Waals surface area contributed by atoms with E-state index in [0.29, 0.717) is 11.1 Å². The van der Waals surface area contributed by atoms with E-state index >= 15 is 0 Å². The molecule has 1 heterocycles. The minimum atomic E-state index is -1.16. The molecule has 0 bridgehead atoms. The number of aliphatic hydroxyl groups is 1. The number of benzene rings is 2. The molecule has 3 atom stereocenters. The van der Waals surface area contributed by atoms with E-state index in [0.717, 1.165) is 0 Å². The molecule has 2 aromatic rings. The number of thiocarbonyl (C=S) groups is 1. The normalized spacial score (nSPS) is 23.6. The molecule has 154 valence electrons. The van der Waals surface area contributed by atoms with Gasteiger partial charge in [-0.3, -0.25) is 10.1 Å². The van der Waals surface area contributed by atoms with Crippen LogP contribution in [0.25, 0.3) is 0 Å². The first-order valence-electron chi connectivity index (χ1n) is 9.16. The molecule has 1 unspecified atom stereocenters. The molecule has 0 aromatic heterocycles. The van der Waals surface area contributed by atoms with E-state index < -0.39 is 23.4 Å². The maximum Gasteiger partial charge on any atom is 0.257 e. The van der Waals surface area contributed by atoms with Crippen molar-refractivity contribution in [3.8, 4) is 0 Å². The van der Waals surface area contributed by atoms with Crippen LogP contribution < -0.4 is 10.6 Å². The minimum absolute atomic E-state index is 0.0159. The van der Waals surface area contributed by atoms with Gasteiger partial charge in [-0.05, 0) is 30.4 Å². The largest absolute Gasteiger partial charge is 0.396 e. The van der Waals surface area contributed by atoms with Gasteiger partial charge >= 0.3 is 0 Å². The predicted molar refractivity (Wildman–Crippen MR) is 110 cm³/mol. The summed E-state index contributed by atoms with van der Waals surface area (Å²) in [6.07, 6.45) is -0.468. The molecule has 0 radical (unpaired) electrons. The smallest absolute Gasteiger partial charge is 0.257 e. The molecule has 3 rings (SSSR count). The van der Waals surface area contributed by atoms with Crippen LogP contribution in [-0.2, 0) is 15.0 Å². The van der Waals surface area contributed by atoms with Crippen LogP contribution in [0.15, 0.2) is 54.6 Å². The average Bonchev–Trinajstić information content (AvgIpc) is 3.06. The Labute approximate surface area is 174 Å². The number of amides is 1. The number of rotatable bonds is 6. The van der Waals surface area contributed by atoms with Crippen molar-refractivity contribution in [2.75, 3.05) is 26.9 Å². The van der Waals surface area contributed by atoms with Crippen molar-refractivity contribution in [1.82, 2.24) is 10.6 Å². The maximum atomic E-state index is 14.7. The minimum Gasteiger partial charge on any atom is -0.396 e. The fourth-order valence-corrected chi connectivity index (χ4v) is 3.95. The second-order valence-electron chi connectivity index (χ2n) is 6.82. The molecule has 8 heteroatoms. The monoisotopic (exact) mass is 418 g/mol. The van der Waals surface area contributed by atoms with Crippen molar-refractivity contribution >= 4 is 23.2 Å². The van der Waals surface area contributed by atoms with E-state index in [9.17, 15) is 14.3 Å². The number of ether oxygens (including phenoxy) is 2. The van der Waals surface area contributed by atoms with Crippen molar-refractivity contribution in [1.29, 1.82) is 0 Å². The van der Waals surface area contributed by atoms with Gasteiger partial charge in [-0.15, -0.1) is 0 Å². The van der Waals surface area contributed by atoms with Gasteiger partial charge in [-0.1, -0.05) is 36.4 Å². The molecule has 29 heavy (non-hydrogen) atoms. The summed E-state index contributed by atoms with van der Waals surface area (Å²) in [5.41, 5.74) is -0.422. The lowest BCUT2D eigenvalue weighted by Crippen LogP contribution is -2.57. The van der Waals surface area contributed by atoms with Gasteiger partial charge in [-0.2, -0.15) is 0 Å². The van der Waals surface area contributed by atoms with Crippen LogP contribution in [0.3, 0.4) is 0 Å². The lowest BCUT2D eigenvalue weighted by molar-refractivity contribution is 0.00949. The zero-order valence-corrected chi connectivity index (χ0v) is 16.7. The molecule has 0 spiro atoms. The predicted octanol–water partition coefficient (Wildman–Crippen LogP) is 1.98. The third kappa shape index (κ3) is 4.45. The molecule has 0 saturated carbocycles. The molecule has 6 nitrogen and oxygen atoms in total. The SMILES string of the molecule is COCC1OC[C@@](NC(=S)NC(=O)c2ccccc2)(c2ccccc2F)[C@@H]1CO. The molecule has 1 aliphatic rings. The van der Waals surface area contributed by atoms with Crippen molar-refractivity contribution in [3.63, 3.8) is 0 Å². The number of carbonyl (C=O) groups excluding carboxylic acids is 1. The molecule has 1 fully saturated rings. The van der Waals surface area contributed by atoms with Crippen LogP contribution >= 0.6 is 12.2 Å². The van der Waals surface area contributed by atoms with E-state index in [1.54, 1.807) is 48.5 Å². The summed E-state index contributed by atoms with van der Waals surface area (Å²) in [5.74, 6) is -1.40. The highest BCUT2D eigenvalue weighted by atomic mass is 32.1. The van der Waals surface area contributed by atoms with Gasteiger partial charge in [0.2, 0.25) is 0 Å². The van der Waals surface area contributed by atoms with Gasteiger partial charge < -0.3 is 19.9 Å². The number of halogens is 1. The van der Waals surface area contributed by atoms with Gasteiger partial charge in [0, 0.05) is 24.2 Å². The Hall–Kier alpha value is -2.39. The molecule has 3 N–H and O–H groups in total. The lowest BCUT2D eigenvalue weighted by Gasteiger charge is -2.37. The van der Waals surface area contributed by atoms with Gasteiger partial charge in [0.1, 0.15) is 5.82 Å². The average molecular weight is 418 g/mol. The summed E-state index contributed by atoms with van der Waals surface area (Å²) >= 11 is 5.35. The van der Waals surface area contributed by atoms with Crippen LogP contribution in [0.1, 0.15) is 15.9 Å². The Morgan fingerprint density at radius 1 is 1.28 bits per heavy atom. The molecule has 0 aliphatic carbocycles. The van der Waals surface area contributed by atoms with Gasteiger partial charge in [0.05, 0.1) is 31.5 Å². The summed E-state index contributed by atoms with van der Waals surface area (Å²) < 4.78 is 25.8. The Morgan fingerprint density at radius 3 is 2.62 bits per heavy atom. The van der Waals surface area contributed by atoms with Gasteiger partial charge in [0.25, 0.3) is 5.91 Å². The maximum absolute atomic E-state index is 14.7. The summed E-state index contributed by atoms with van der Waals surface area (Å²) in [4.78, 5) is 12.4. The Bertz CT molecular complexity index is 867. The molecular weight excluding hydrogens is 395 g/mol. The zero-order chi connectivity index (χ0) is 20.9. The quantitative estimate of drug-likeness (QED) is 0.623. The summed E-state index contributed by atoms with van der Waals surface area (Å²) in [6.45, 7) is -0.00855. The molecular formula is C21H23FN2O4S. The van der Waals surface area contributed by atoms with Crippen LogP contribution in [0.4, 0.5) is 4.39 Å². The second-order valence-corrected chi connectivity index (χ2v) is 7.23. The fraction of sp³-hybridized carbons (Fsp3) is 0.333. The Morgan fingerprint density at radius 2 is 1.97 bits per heavy atom. The van der Waals surface area contributed by atoms with Crippen LogP contribution in [0.5, 0.6) is 0 Å². The molecule has 2 aromatic carbocycles. The summed E-state index contributed by atoms with van der Waals surface area (Å²) in [7, 11) is 1.53. The highest BCUT2D eigenvalue weighted by molar-refractivity contribution is 7.80. The van der Waals surface area contributed by atoms with Crippen molar-refractivity contribution < 1.29 is 23.8 Å². The highest BCUT2D eigenvalue weighted by Crippen LogP contribution is 2.40. The number of hydrogen-bond acceptors (Lipinski definition) is 5. The van der Waals surface area contributed by atoms with Gasteiger partial charge in [0.15, 0.2) is 5.11 Å². The van der Waals surface area contributed by atoms with Crippen molar-refractivity contribution in [2.24, 2.45) is 5.92 Å². The third-order valence-electron chi connectivity index (χ3n) is 5.09. The van der Waals surface area contributed by atoms with E-state index in [4.69, 9.17) is 21.7 Å².